The number of phosphoric acid groups is 1. The summed E-state index contributed by atoms with van der Waals surface area (Å²) < 4.78 is 51.9. The van der Waals surface area contributed by atoms with Crippen molar-refractivity contribution in [2.24, 2.45) is 0 Å². The molecule has 15 nitrogen and oxygen atoms in total. The molecule has 2 heterocycles. The summed E-state index contributed by atoms with van der Waals surface area (Å²) in [6.45, 7) is -0.920. The number of hydrogen-bond donors (Lipinski definition) is 4. The van der Waals surface area contributed by atoms with Crippen LogP contribution in [0, 0.1) is 0 Å². The minimum Gasteiger partial charge on any atom is -0.425 e. The fourth-order valence-corrected chi connectivity index (χ4v) is 7.35. The van der Waals surface area contributed by atoms with Gasteiger partial charge in [-0.3, -0.25) is 23.4 Å². The molecule has 0 bridgehead atoms. The van der Waals surface area contributed by atoms with Gasteiger partial charge in [-0.05, 0) is 28.5 Å². The van der Waals surface area contributed by atoms with Gasteiger partial charge in [0.05, 0.1) is 12.8 Å². The average Bonchev–Trinajstić information content (AvgIpc) is 3.26. The van der Waals surface area contributed by atoms with Crippen molar-refractivity contribution in [3.63, 3.8) is 0 Å². The first-order valence-electron chi connectivity index (χ1n) is 13.0. The minimum atomic E-state index is -5.27. The minimum absolute atomic E-state index is 0.102. The molecule has 0 aliphatic carbocycles. The van der Waals surface area contributed by atoms with Gasteiger partial charge < -0.3 is 29.1 Å². The lowest BCUT2D eigenvalue weighted by atomic mass is 10.1. The zero-order chi connectivity index (χ0) is 31.5. The van der Waals surface area contributed by atoms with Crippen LogP contribution in [0.3, 0.4) is 0 Å². The van der Waals surface area contributed by atoms with E-state index in [9.17, 15) is 38.4 Å². The van der Waals surface area contributed by atoms with Crippen LogP contribution >= 0.6 is 15.4 Å². The normalized spacial score (nSPS) is 22.6. The Hall–Kier alpha value is -3.91. The number of carbonyl (C=O) groups is 1. The van der Waals surface area contributed by atoms with Crippen LogP contribution in [0.15, 0.2) is 94.6 Å². The summed E-state index contributed by atoms with van der Waals surface area (Å²) in [5, 5.41) is 12.4. The van der Waals surface area contributed by atoms with Gasteiger partial charge in [0.25, 0.3) is 5.56 Å². The number of benzene rings is 3. The summed E-state index contributed by atoms with van der Waals surface area (Å²) in [7, 11) is -10.0. The van der Waals surface area contributed by atoms with E-state index in [2.05, 4.69) is 4.31 Å². The summed E-state index contributed by atoms with van der Waals surface area (Å²) in [4.78, 5) is 59.1. The monoisotopic (exact) mass is 648 g/mol. The number of phosphoric ester groups is 1. The van der Waals surface area contributed by atoms with Crippen molar-refractivity contribution in [1.82, 2.24) is 9.55 Å². The number of aliphatic hydroxyl groups excluding tert-OH is 1. The Balaban J connectivity index is 1.31. The molecule has 1 aliphatic rings. The first kappa shape index (κ1) is 31.5. The molecule has 4 unspecified atom stereocenters. The van der Waals surface area contributed by atoms with Crippen molar-refractivity contribution in [2.75, 3.05) is 6.61 Å². The molecule has 1 saturated heterocycles. The van der Waals surface area contributed by atoms with Crippen LogP contribution in [0.1, 0.15) is 11.8 Å². The molecular formula is C27H26N2O13P2. The average molecular weight is 648 g/mol. The molecule has 0 amide bonds. The van der Waals surface area contributed by atoms with Crippen molar-refractivity contribution in [1.29, 1.82) is 0 Å². The number of rotatable bonds is 10. The predicted octanol–water partition coefficient (Wildman–Crippen LogP) is 3.05. The van der Waals surface area contributed by atoms with Crippen molar-refractivity contribution in [3.8, 4) is 5.75 Å². The molecular weight excluding hydrogens is 622 g/mol. The first-order valence-corrected chi connectivity index (χ1v) is 16.2. The van der Waals surface area contributed by atoms with Gasteiger partial charge >= 0.3 is 27.3 Å². The van der Waals surface area contributed by atoms with E-state index in [1.54, 1.807) is 60.7 Å². The van der Waals surface area contributed by atoms with E-state index in [0.717, 1.165) is 22.2 Å². The molecule has 4 aromatic rings. The van der Waals surface area contributed by atoms with E-state index < -0.39 is 70.1 Å². The zero-order valence-electron chi connectivity index (χ0n) is 22.6. The molecule has 3 aromatic carbocycles. The molecule has 4 N–H and O–H groups in total. The number of para-hydroxylation sites is 1. The third kappa shape index (κ3) is 7.59. The molecule has 17 heteroatoms. The Bertz CT molecular complexity index is 1860. The number of carbonyl (C=O) groups excluding carboxylic acids is 1. The number of nitrogens with zero attached hydrogens (tertiary/aromatic N) is 1. The van der Waals surface area contributed by atoms with Crippen LogP contribution in [-0.4, -0.2) is 55.5 Å². The van der Waals surface area contributed by atoms with Gasteiger partial charge in [-0.15, -0.1) is 0 Å². The summed E-state index contributed by atoms with van der Waals surface area (Å²) in [6, 6.07) is 20.8. The highest BCUT2D eigenvalue weighted by Gasteiger charge is 2.49. The highest BCUT2D eigenvalue weighted by Crippen LogP contribution is 2.61. The first-order chi connectivity index (χ1) is 20.9. The molecule has 5 rings (SSSR count). The maximum Gasteiger partial charge on any atom is 0.514 e. The maximum absolute atomic E-state index is 12.9. The van der Waals surface area contributed by atoms with Gasteiger partial charge in [-0.25, -0.2) is 18.5 Å². The van der Waals surface area contributed by atoms with Gasteiger partial charge in [0.1, 0.15) is 18.0 Å². The standard InChI is InChI=1S/C27H26N2O13P2/c30-22-13-14-29(26(32)28-22)25-23(31)24(41-27(33)39-19-10-2-1-3-11-19)21(40-25)15-38-44(36,37)42-43(34,35)16-18-9-6-8-17-7-4-5-12-20(17)18/h1-14,21,23-25,31H,15-16H2,(H,34,35)(H,36,37)(H,28,30,32)/t21-,23?,24?,25-/m1/s1. The Morgan fingerprint density at radius 1 is 0.955 bits per heavy atom. The highest BCUT2D eigenvalue weighted by molar-refractivity contribution is 7.63. The number of H-pyrrole nitrogens is 1. The van der Waals surface area contributed by atoms with Crippen LogP contribution < -0.4 is 16.0 Å². The quantitative estimate of drug-likeness (QED) is 0.111. The van der Waals surface area contributed by atoms with Gasteiger partial charge in [0.15, 0.2) is 12.3 Å². The number of aliphatic hydroxyl groups is 1. The number of aromatic nitrogens is 2. The second kappa shape index (κ2) is 13.0. The lowest BCUT2D eigenvalue weighted by Crippen LogP contribution is -2.40. The molecule has 0 spiro atoms. The van der Waals surface area contributed by atoms with Crippen LogP contribution in [0.5, 0.6) is 5.75 Å². The molecule has 6 atom stereocenters. The van der Waals surface area contributed by atoms with E-state index in [1.807, 2.05) is 4.98 Å². The number of ether oxygens (including phenoxy) is 3. The third-order valence-corrected chi connectivity index (χ3v) is 9.56. The van der Waals surface area contributed by atoms with Gasteiger partial charge in [0.2, 0.25) is 0 Å². The number of hydrogen-bond acceptors (Lipinski definition) is 11. The number of aromatic amines is 1. The van der Waals surface area contributed by atoms with Crippen LogP contribution in [0.2, 0.25) is 0 Å². The van der Waals surface area contributed by atoms with Crippen molar-refractivity contribution in [3.05, 3.63) is 111 Å². The van der Waals surface area contributed by atoms with E-state index in [4.69, 9.17) is 18.7 Å². The third-order valence-electron chi connectivity index (χ3n) is 6.49. The lowest BCUT2D eigenvalue weighted by molar-refractivity contribution is -0.0555. The number of fused-ring (bicyclic) bond motifs is 1. The Morgan fingerprint density at radius 2 is 1.66 bits per heavy atom. The van der Waals surface area contributed by atoms with E-state index in [-0.39, 0.29) is 5.75 Å². The van der Waals surface area contributed by atoms with Gasteiger partial charge in [-0.1, -0.05) is 60.7 Å². The fraction of sp³-hybridized carbons (Fsp3) is 0.222. The Labute approximate surface area is 248 Å². The molecule has 0 radical (unpaired) electrons. The van der Waals surface area contributed by atoms with Gasteiger partial charge in [0, 0.05) is 12.3 Å². The van der Waals surface area contributed by atoms with Crippen molar-refractivity contribution < 1.29 is 51.9 Å². The zero-order valence-corrected chi connectivity index (χ0v) is 24.4. The van der Waals surface area contributed by atoms with Crippen LogP contribution in [-0.2, 0) is 33.6 Å². The topological polar surface area (TPSA) is 213 Å². The molecule has 1 aromatic heterocycles. The largest absolute Gasteiger partial charge is 0.514 e. The molecule has 0 saturated carbocycles. The molecule has 232 valence electrons. The maximum atomic E-state index is 12.9. The van der Waals surface area contributed by atoms with Crippen molar-refractivity contribution >= 4 is 32.3 Å². The van der Waals surface area contributed by atoms with Crippen LogP contribution in [0.25, 0.3) is 10.8 Å². The van der Waals surface area contributed by atoms with E-state index in [0.29, 0.717) is 10.9 Å². The second-order valence-electron chi connectivity index (χ2n) is 9.60. The van der Waals surface area contributed by atoms with Crippen LogP contribution in [0.4, 0.5) is 4.79 Å². The number of nitrogens with one attached hydrogen (secondary N) is 1. The SMILES string of the molecule is O=C(Oc1ccccc1)OC1C(O)[C@H](n2ccc(=O)[nH]c2=O)O[C@@H]1COP(=O)(O)OP(=O)(O)Cc1cccc2ccccc12. The van der Waals surface area contributed by atoms with E-state index >= 15 is 0 Å². The lowest BCUT2D eigenvalue weighted by Gasteiger charge is -2.22. The van der Waals surface area contributed by atoms with E-state index in [1.165, 1.54) is 12.1 Å². The summed E-state index contributed by atoms with van der Waals surface area (Å²) in [5.41, 5.74) is -1.32. The molecule has 1 fully saturated rings. The summed E-state index contributed by atoms with van der Waals surface area (Å²) in [6.07, 6.45) is -7.39. The van der Waals surface area contributed by atoms with Gasteiger partial charge in [-0.2, -0.15) is 0 Å². The highest BCUT2D eigenvalue weighted by atomic mass is 31.3. The summed E-state index contributed by atoms with van der Waals surface area (Å²) in [5.74, 6) is 0.102. The Morgan fingerprint density at radius 3 is 2.41 bits per heavy atom. The predicted molar refractivity (Wildman–Crippen MR) is 153 cm³/mol. The smallest absolute Gasteiger partial charge is 0.425 e. The fourth-order valence-electron chi connectivity index (χ4n) is 4.60. The molecule has 44 heavy (non-hydrogen) atoms. The second-order valence-corrected chi connectivity index (χ2v) is 13.0. The Kier molecular flexibility index (Phi) is 9.30. The van der Waals surface area contributed by atoms with Crippen molar-refractivity contribution in [2.45, 2.75) is 30.7 Å². The molecule has 1 aliphatic heterocycles. The summed E-state index contributed by atoms with van der Waals surface area (Å²) >= 11 is 0.